The molecule has 2 aromatic heterocycles. The zero-order valence-corrected chi connectivity index (χ0v) is 10.7. The third-order valence-electron chi connectivity index (χ3n) is 2.43. The van der Waals surface area contributed by atoms with Crippen molar-refractivity contribution in [2.75, 3.05) is 6.61 Å². The third kappa shape index (κ3) is 2.09. The molecular formula is C12H11ClN2O3. The summed E-state index contributed by atoms with van der Waals surface area (Å²) in [6, 6.07) is 3.46. The number of ether oxygens (including phenoxy) is 1. The van der Waals surface area contributed by atoms with Crippen LogP contribution >= 0.6 is 11.6 Å². The molecular weight excluding hydrogens is 256 g/mol. The zero-order chi connectivity index (χ0) is 13.3. The molecule has 0 radical (unpaired) electrons. The van der Waals surface area contributed by atoms with Crippen LogP contribution in [0.1, 0.15) is 23.0 Å². The topological polar surface area (TPSA) is 72.0 Å². The lowest BCUT2D eigenvalue weighted by atomic mass is 10.2. The molecule has 2 aromatic rings. The Hall–Kier alpha value is -1.88. The fourth-order valence-corrected chi connectivity index (χ4v) is 1.93. The van der Waals surface area contributed by atoms with Gasteiger partial charge in [0.1, 0.15) is 11.2 Å². The number of aryl methyl sites for hydroxylation is 1. The number of H-pyrrole nitrogens is 1. The summed E-state index contributed by atoms with van der Waals surface area (Å²) in [7, 11) is 0. The molecule has 6 heteroatoms. The summed E-state index contributed by atoms with van der Waals surface area (Å²) in [4.78, 5) is 30.1. The van der Waals surface area contributed by atoms with Gasteiger partial charge in [-0.3, -0.25) is 4.79 Å². The highest BCUT2D eigenvalue weighted by molar-refractivity contribution is 6.38. The minimum Gasteiger partial charge on any atom is -0.462 e. The molecule has 0 amide bonds. The van der Waals surface area contributed by atoms with Gasteiger partial charge >= 0.3 is 5.97 Å². The second-order valence-corrected chi connectivity index (χ2v) is 4.09. The van der Waals surface area contributed by atoms with Gasteiger partial charge in [0.25, 0.3) is 5.56 Å². The van der Waals surface area contributed by atoms with Crippen LogP contribution in [0.3, 0.4) is 0 Å². The predicted octanol–water partition coefficient (Wildman–Crippen LogP) is 2.06. The Labute approximate surface area is 108 Å². The molecule has 0 aliphatic rings. The summed E-state index contributed by atoms with van der Waals surface area (Å²) in [5, 5.41) is 0.588. The van der Waals surface area contributed by atoms with Crippen molar-refractivity contribution in [3.63, 3.8) is 0 Å². The molecule has 0 bridgehead atoms. The Bertz CT molecular complexity index is 679. The van der Waals surface area contributed by atoms with Crippen LogP contribution in [0.4, 0.5) is 0 Å². The molecule has 0 atom stereocenters. The zero-order valence-electron chi connectivity index (χ0n) is 9.91. The first-order valence-electron chi connectivity index (χ1n) is 5.41. The lowest BCUT2D eigenvalue weighted by molar-refractivity contribution is 0.0524. The van der Waals surface area contributed by atoms with Gasteiger partial charge in [-0.1, -0.05) is 11.6 Å². The Morgan fingerprint density at radius 1 is 1.50 bits per heavy atom. The number of carbonyl (C=O) groups excluding carboxylic acids is 1. The average Bonchev–Trinajstić information content (AvgIpc) is 2.28. The maximum absolute atomic E-state index is 11.8. The number of fused-ring (bicyclic) bond motifs is 1. The second-order valence-electron chi connectivity index (χ2n) is 3.71. The van der Waals surface area contributed by atoms with Crippen molar-refractivity contribution in [2.24, 2.45) is 0 Å². The van der Waals surface area contributed by atoms with Crippen molar-refractivity contribution < 1.29 is 9.53 Å². The van der Waals surface area contributed by atoms with E-state index in [1.165, 1.54) is 0 Å². The molecule has 1 N–H and O–H groups in total. The predicted molar refractivity (Wildman–Crippen MR) is 68.1 cm³/mol. The number of nitrogens with one attached hydrogen (secondary N) is 1. The average molecular weight is 267 g/mol. The molecule has 0 aliphatic carbocycles. The third-order valence-corrected chi connectivity index (χ3v) is 2.82. The maximum atomic E-state index is 11.8. The van der Waals surface area contributed by atoms with Crippen LogP contribution in [-0.2, 0) is 4.74 Å². The highest BCUT2D eigenvalue weighted by atomic mass is 35.5. The minimum absolute atomic E-state index is 0.0692. The number of halogens is 1. The van der Waals surface area contributed by atoms with Crippen molar-refractivity contribution in [3.8, 4) is 0 Å². The standard InChI is InChI=1S/C12H11ClN2O3/c1-3-18-12(17)8-9(13)7-5-4-6(2)14-10(7)15-11(8)16/h4-5H,3H2,1-2H3,(H,14,15,16). The number of hydrogen-bond donors (Lipinski definition) is 1. The fourth-order valence-electron chi connectivity index (χ4n) is 1.62. The van der Waals surface area contributed by atoms with Crippen LogP contribution in [0.2, 0.25) is 5.02 Å². The summed E-state index contributed by atoms with van der Waals surface area (Å²) in [5.41, 5.74) is 0.330. The number of pyridine rings is 2. The van der Waals surface area contributed by atoms with Gasteiger partial charge in [-0.2, -0.15) is 0 Å². The number of rotatable bonds is 2. The van der Waals surface area contributed by atoms with Gasteiger partial charge in [-0.05, 0) is 26.0 Å². The monoisotopic (exact) mass is 266 g/mol. The van der Waals surface area contributed by atoms with E-state index in [9.17, 15) is 9.59 Å². The highest BCUT2D eigenvalue weighted by Crippen LogP contribution is 2.23. The molecule has 0 spiro atoms. The SMILES string of the molecule is CCOC(=O)c1c(Cl)c2ccc(C)nc2[nH]c1=O. The van der Waals surface area contributed by atoms with Crippen LogP contribution in [-0.4, -0.2) is 22.5 Å². The summed E-state index contributed by atoms with van der Waals surface area (Å²) < 4.78 is 4.80. The van der Waals surface area contributed by atoms with Crippen molar-refractivity contribution in [1.29, 1.82) is 0 Å². The van der Waals surface area contributed by atoms with E-state index in [0.29, 0.717) is 11.0 Å². The van der Waals surface area contributed by atoms with E-state index >= 15 is 0 Å². The molecule has 2 heterocycles. The first kappa shape index (κ1) is 12.6. The van der Waals surface area contributed by atoms with Crippen molar-refractivity contribution in [1.82, 2.24) is 9.97 Å². The molecule has 18 heavy (non-hydrogen) atoms. The molecule has 0 saturated heterocycles. The van der Waals surface area contributed by atoms with Gasteiger partial charge in [0, 0.05) is 11.1 Å². The van der Waals surface area contributed by atoms with Crippen LogP contribution < -0.4 is 5.56 Å². The molecule has 2 rings (SSSR count). The van der Waals surface area contributed by atoms with E-state index in [4.69, 9.17) is 16.3 Å². The number of hydrogen-bond acceptors (Lipinski definition) is 4. The van der Waals surface area contributed by atoms with E-state index in [0.717, 1.165) is 5.69 Å². The van der Waals surface area contributed by atoms with Gasteiger partial charge in [0.15, 0.2) is 0 Å². The van der Waals surface area contributed by atoms with Crippen molar-refractivity contribution in [2.45, 2.75) is 13.8 Å². The highest BCUT2D eigenvalue weighted by Gasteiger charge is 2.19. The Kier molecular flexibility index (Phi) is 3.34. The number of esters is 1. The van der Waals surface area contributed by atoms with E-state index in [1.807, 2.05) is 0 Å². The largest absolute Gasteiger partial charge is 0.462 e. The number of nitrogens with zero attached hydrogens (tertiary/aromatic N) is 1. The smallest absolute Gasteiger partial charge is 0.345 e. The van der Waals surface area contributed by atoms with E-state index in [1.54, 1.807) is 26.0 Å². The second kappa shape index (κ2) is 4.78. The Balaban J connectivity index is 2.73. The van der Waals surface area contributed by atoms with Crippen LogP contribution in [0.15, 0.2) is 16.9 Å². The first-order chi connectivity index (χ1) is 8.54. The van der Waals surface area contributed by atoms with E-state index in [2.05, 4.69) is 9.97 Å². The normalized spacial score (nSPS) is 10.6. The van der Waals surface area contributed by atoms with Crippen LogP contribution in [0.5, 0.6) is 0 Å². The number of aromatic amines is 1. The van der Waals surface area contributed by atoms with Gasteiger partial charge in [-0.25, -0.2) is 9.78 Å². The molecule has 0 saturated carbocycles. The lowest BCUT2D eigenvalue weighted by Gasteiger charge is -2.06. The number of carbonyl (C=O) groups is 1. The van der Waals surface area contributed by atoms with E-state index < -0.39 is 11.5 Å². The Morgan fingerprint density at radius 3 is 2.89 bits per heavy atom. The van der Waals surface area contributed by atoms with Crippen LogP contribution in [0, 0.1) is 6.92 Å². The van der Waals surface area contributed by atoms with Gasteiger partial charge < -0.3 is 9.72 Å². The summed E-state index contributed by atoms with van der Waals surface area (Å²) >= 11 is 6.07. The molecule has 94 valence electrons. The summed E-state index contributed by atoms with van der Waals surface area (Å²) in [6.07, 6.45) is 0. The van der Waals surface area contributed by atoms with Crippen molar-refractivity contribution >= 4 is 28.6 Å². The van der Waals surface area contributed by atoms with Crippen LogP contribution in [0.25, 0.3) is 11.0 Å². The van der Waals surface area contributed by atoms with Crippen molar-refractivity contribution in [3.05, 3.63) is 38.8 Å². The number of aromatic nitrogens is 2. The Morgan fingerprint density at radius 2 is 2.22 bits per heavy atom. The van der Waals surface area contributed by atoms with Gasteiger partial charge in [-0.15, -0.1) is 0 Å². The maximum Gasteiger partial charge on any atom is 0.345 e. The molecule has 0 aromatic carbocycles. The first-order valence-corrected chi connectivity index (χ1v) is 5.78. The summed E-state index contributed by atoms with van der Waals surface area (Å²) in [5.74, 6) is -0.730. The van der Waals surface area contributed by atoms with E-state index in [-0.39, 0.29) is 17.2 Å². The molecule has 0 fully saturated rings. The fraction of sp³-hybridized carbons (Fsp3) is 0.250. The minimum atomic E-state index is -0.730. The summed E-state index contributed by atoms with van der Waals surface area (Å²) in [6.45, 7) is 3.63. The molecule has 5 nitrogen and oxygen atoms in total. The molecule has 0 aliphatic heterocycles. The lowest BCUT2D eigenvalue weighted by Crippen LogP contribution is -2.21. The van der Waals surface area contributed by atoms with Gasteiger partial charge in [0.05, 0.1) is 11.6 Å². The quantitative estimate of drug-likeness (QED) is 0.845. The molecule has 0 unspecified atom stereocenters. The van der Waals surface area contributed by atoms with Gasteiger partial charge in [0.2, 0.25) is 0 Å².